The van der Waals surface area contributed by atoms with Crippen LogP contribution in [0.25, 0.3) is 11.0 Å². The highest BCUT2D eigenvalue weighted by atomic mass is 127. The van der Waals surface area contributed by atoms with Crippen LogP contribution in [0.5, 0.6) is 5.75 Å². The molecule has 1 atom stereocenters. The summed E-state index contributed by atoms with van der Waals surface area (Å²) in [6.07, 6.45) is 0. The molecule has 0 amide bonds. The number of aromatic nitrogens is 2. The van der Waals surface area contributed by atoms with Crippen LogP contribution in [0.1, 0.15) is 18.5 Å². The van der Waals surface area contributed by atoms with Gasteiger partial charge in [0.1, 0.15) is 5.75 Å². The van der Waals surface area contributed by atoms with E-state index in [0.717, 1.165) is 20.4 Å². The Morgan fingerprint density at radius 2 is 1.90 bits per heavy atom. The van der Waals surface area contributed by atoms with Crippen molar-refractivity contribution in [3.63, 3.8) is 0 Å². The number of hydrogen-bond acceptors (Lipinski definition) is 3. The highest BCUT2D eigenvalue weighted by Crippen LogP contribution is 2.28. The summed E-state index contributed by atoms with van der Waals surface area (Å²) >= 11 is 2.28. The molecule has 0 saturated carbocycles. The second kappa shape index (κ2) is 5.55. The molecule has 108 valence electrons. The normalized spacial score (nSPS) is 12.5. The minimum absolute atomic E-state index is 0.112. The number of fused-ring (bicyclic) bond motifs is 1. The van der Waals surface area contributed by atoms with Gasteiger partial charge in [-0.15, -0.1) is 0 Å². The Morgan fingerprint density at radius 3 is 2.57 bits per heavy atom. The van der Waals surface area contributed by atoms with Crippen LogP contribution < -0.4 is 10.5 Å². The van der Waals surface area contributed by atoms with Crippen LogP contribution in [0.15, 0.2) is 42.5 Å². The summed E-state index contributed by atoms with van der Waals surface area (Å²) in [7, 11) is 1.67. The lowest BCUT2D eigenvalue weighted by Crippen LogP contribution is -2.10. The molecular weight excluding hydrogens is 377 g/mol. The first-order chi connectivity index (χ1) is 10.1. The Bertz CT molecular complexity index is 780. The highest BCUT2D eigenvalue weighted by molar-refractivity contribution is 14.1. The summed E-state index contributed by atoms with van der Waals surface area (Å²) in [6.45, 7) is 2.12. The van der Waals surface area contributed by atoms with Gasteiger partial charge in [0.25, 0.3) is 0 Å². The Labute approximate surface area is 137 Å². The predicted molar refractivity (Wildman–Crippen MR) is 93.7 cm³/mol. The SMILES string of the molecule is COc1ccc(C(C)n2c(N)nc3cc(I)ccc32)cc1. The fourth-order valence-corrected chi connectivity index (χ4v) is 3.00. The molecule has 0 fully saturated rings. The number of halogens is 1. The van der Waals surface area contributed by atoms with E-state index in [1.54, 1.807) is 7.11 Å². The van der Waals surface area contributed by atoms with Crippen molar-refractivity contribution in [3.05, 3.63) is 51.6 Å². The van der Waals surface area contributed by atoms with Gasteiger partial charge in [-0.25, -0.2) is 4.98 Å². The third-order valence-electron chi connectivity index (χ3n) is 3.66. The molecule has 5 heteroatoms. The van der Waals surface area contributed by atoms with Gasteiger partial charge in [0, 0.05) is 3.57 Å². The highest BCUT2D eigenvalue weighted by Gasteiger charge is 2.15. The van der Waals surface area contributed by atoms with Crippen LogP contribution in [-0.2, 0) is 0 Å². The van der Waals surface area contributed by atoms with Crippen molar-refractivity contribution in [2.45, 2.75) is 13.0 Å². The van der Waals surface area contributed by atoms with Gasteiger partial charge < -0.3 is 15.0 Å². The minimum Gasteiger partial charge on any atom is -0.497 e. The smallest absolute Gasteiger partial charge is 0.201 e. The number of benzene rings is 2. The number of methoxy groups -OCH3 is 1. The van der Waals surface area contributed by atoms with Gasteiger partial charge in [-0.1, -0.05) is 12.1 Å². The fraction of sp³-hybridized carbons (Fsp3) is 0.188. The van der Waals surface area contributed by atoms with E-state index in [-0.39, 0.29) is 6.04 Å². The topological polar surface area (TPSA) is 53.1 Å². The van der Waals surface area contributed by atoms with Crippen LogP contribution in [0.2, 0.25) is 0 Å². The summed E-state index contributed by atoms with van der Waals surface area (Å²) in [6, 6.07) is 14.3. The number of rotatable bonds is 3. The first kappa shape index (κ1) is 14.2. The Morgan fingerprint density at radius 1 is 1.19 bits per heavy atom. The van der Waals surface area contributed by atoms with E-state index in [9.17, 15) is 0 Å². The van der Waals surface area contributed by atoms with Crippen molar-refractivity contribution in [2.75, 3.05) is 12.8 Å². The lowest BCUT2D eigenvalue weighted by molar-refractivity contribution is 0.414. The summed E-state index contributed by atoms with van der Waals surface area (Å²) in [4.78, 5) is 4.47. The number of hydrogen-bond donors (Lipinski definition) is 1. The molecule has 21 heavy (non-hydrogen) atoms. The second-order valence-electron chi connectivity index (χ2n) is 4.92. The molecule has 3 rings (SSSR count). The fourth-order valence-electron chi connectivity index (χ4n) is 2.53. The van der Waals surface area contributed by atoms with E-state index >= 15 is 0 Å². The third-order valence-corrected chi connectivity index (χ3v) is 4.34. The molecule has 0 saturated heterocycles. The zero-order valence-corrected chi connectivity index (χ0v) is 14.0. The van der Waals surface area contributed by atoms with Crippen LogP contribution in [0.3, 0.4) is 0 Å². The molecule has 1 aromatic heterocycles. The zero-order chi connectivity index (χ0) is 15.0. The third kappa shape index (κ3) is 2.57. The van der Waals surface area contributed by atoms with Crippen molar-refractivity contribution in [2.24, 2.45) is 0 Å². The van der Waals surface area contributed by atoms with Crippen molar-refractivity contribution >= 4 is 39.6 Å². The zero-order valence-electron chi connectivity index (χ0n) is 11.9. The minimum atomic E-state index is 0.112. The van der Waals surface area contributed by atoms with Gasteiger partial charge in [-0.2, -0.15) is 0 Å². The maximum absolute atomic E-state index is 6.12. The Hall–Kier alpha value is -1.76. The number of ether oxygens (including phenoxy) is 1. The first-order valence-electron chi connectivity index (χ1n) is 6.67. The van der Waals surface area contributed by atoms with Gasteiger partial charge in [-0.05, 0) is 65.4 Å². The average Bonchev–Trinajstić information content (AvgIpc) is 2.81. The average molecular weight is 393 g/mol. The summed E-state index contributed by atoms with van der Waals surface area (Å²) in [5.41, 5.74) is 9.27. The van der Waals surface area contributed by atoms with Gasteiger partial charge in [0.05, 0.1) is 24.2 Å². The van der Waals surface area contributed by atoms with Gasteiger partial charge in [-0.3, -0.25) is 0 Å². The summed E-state index contributed by atoms with van der Waals surface area (Å²) < 4.78 is 8.42. The van der Waals surface area contributed by atoms with Crippen LogP contribution in [0, 0.1) is 3.57 Å². The van der Waals surface area contributed by atoms with Gasteiger partial charge in [0.2, 0.25) is 5.95 Å². The van der Waals surface area contributed by atoms with Gasteiger partial charge in [0.15, 0.2) is 0 Å². The quantitative estimate of drug-likeness (QED) is 0.688. The Kier molecular flexibility index (Phi) is 3.75. The molecule has 1 unspecified atom stereocenters. The van der Waals surface area contributed by atoms with Crippen molar-refractivity contribution in [1.29, 1.82) is 0 Å². The monoisotopic (exact) mass is 393 g/mol. The largest absolute Gasteiger partial charge is 0.497 e. The van der Waals surface area contributed by atoms with Gasteiger partial charge >= 0.3 is 0 Å². The number of imidazole rings is 1. The predicted octanol–water partition coefficient (Wildman–Crippen LogP) is 3.84. The summed E-state index contributed by atoms with van der Waals surface area (Å²) in [5, 5.41) is 0. The van der Waals surface area contributed by atoms with Crippen LogP contribution in [-0.4, -0.2) is 16.7 Å². The number of nitrogens with zero attached hydrogens (tertiary/aromatic N) is 2. The van der Waals surface area contributed by atoms with E-state index in [1.807, 2.05) is 18.2 Å². The number of nitrogen functional groups attached to an aromatic ring is 1. The van der Waals surface area contributed by atoms with E-state index in [2.05, 4.69) is 63.3 Å². The number of nitrogens with two attached hydrogens (primary N) is 1. The first-order valence-corrected chi connectivity index (χ1v) is 7.75. The lowest BCUT2D eigenvalue weighted by Gasteiger charge is -2.17. The molecule has 0 bridgehead atoms. The maximum atomic E-state index is 6.12. The van der Waals surface area contributed by atoms with Crippen molar-refractivity contribution < 1.29 is 4.74 Å². The van der Waals surface area contributed by atoms with Crippen LogP contribution in [0.4, 0.5) is 5.95 Å². The molecule has 0 aliphatic rings. The lowest BCUT2D eigenvalue weighted by atomic mass is 10.1. The molecule has 4 nitrogen and oxygen atoms in total. The molecule has 1 heterocycles. The number of anilines is 1. The van der Waals surface area contributed by atoms with Crippen molar-refractivity contribution in [1.82, 2.24) is 9.55 Å². The Balaban J connectivity index is 2.07. The van der Waals surface area contributed by atoms with E-state index in [0.29, 0.717) is 5.95 Å². The molecule has 0 aliphatic carbocycles. The molecule has 0 radical (unpaired) electrons. The molecule has 3 aromatic rings. The second-order valence-corrected chi connectivity index (χ2v) is 6.17. The van der Waals surface area contributed by atoms with Crippen molar-refractivity contribution in [3.8, 4) is 5.75 Å². The van der Waals surface area contributed by atoms with E-state index in [4.69, 9.17) is 10.5 Å². The summed E-state index contributed by atoms with van der Waals surface area (Å²) in [5.74, 6) is 1.39. The van der Waals surface area contributed by atoms with E-state index in [1.165, 1.54) is 5.56 Å². The molecule has 0 aliphatic heterocycles. The maximum Gasteiger partial charge on any atom is 0.201 e. The molecule has 2 N–H and O–H groups in total. The van der Waals surface area contributed by atoms with E-state index < -0.39 is 0 Å². The molecule has 0 spiro atoms. The van der Waals surface area contributed by atoms with Crippen LogP contribution >= 0.6 is 22.6 Å². The standard InChI is InChI=1S/C16H16IN3O/c1-10(11-3-6-13(21-2)7-4-11)20-15-8-5-12(17)9-14(15)19-16(20)18/h3-10H,1-2H3,(H2,18,19). The molecule has 2 aromatic carbocycles. The molecular formula is C16H16IN3O.